The van der Waals surface area contributed by atoms with E-state index in [0.29, 0.717) is 12.0 Å². The molecule has 0 radical (unpaired) electrons. The maximum Gasteiger partial charge on any atom is 0.126 e. The number of rotatable bonds is 4. The van der Waals surface area contributed by atoms with Crippen LogP contribution >= 0.6 is 27.5 Å². The Morgan fingerprint density at radius 3 is 2.65 bits per heavy atom. The smallest absolute Gasteiger partial charge is 0.126 e. The van der Waals surface area contributed by atoms with Crippen molar-refractivity contribution in [2.45, 2.75) is 19.4 Å². The number of halogens is 3. The Bertz CT molecular complexity index is 615. The van der Waals surface area contributed by atoms with Gasteiger partial charge in [-0.1, -0.05) is 39.7 Å². The van der Waals surface area contributed by atoms with Gasteiger partial charge in [-0.25, -0.2) is 4.39 Å². The first-order chi connectivity index (χ1) is 9.51. The molecule has 0 aliphatic heterocycles. The molecule has 0 fully saturated rings. The van der Waals surface area contributed by atoms with Crippen molar-refractivity contribution in [1.29, 1.82) is 0 Å². The zero-order valence-corrected chi connectivity index (χ0v) is 13.7. The summed E-state index contributed by atoms with van der Waals surface area (Å²) in [6, 6.07) is 11.0. The van der Waals surface area contributed by atoms with Crippen LogP contribution in [0.15, 0.2) is 40.9 Å². The van der Waals surface area contributed by atoms with Crippen LogP contribution in [-0.2, 0) is 6.42 Å². The van der Waals surface area contributed by atoms with Crippen LogP contribution in [0.4, 0.5) is 4.39 Å². The van der Waals surface area contributed by atoms with Crippen LogP contribution in [0.1, 0.15) is 22.7 Å². The Balaban J connectivity index is 2.28. The lowest BCUT2D eigenvalue weighted by Gasteiger charge is -2.18. The molecule has 0 bridgehead atoms. The Morgan fingerprint density at radius 1 is 1.25 bits per heavy atom. The molecule has 0 spiro atoms. The number of hydrogen-bond acceptors (Lipinski definition) is 1. The van der Waals surface area contributed by atoms with Crippen LogP contribution < -0.4 is 5.32 Å². The van der Waals surface area contributed by atoms with E-state index in [0.717, 1.165) is 20.6 Å². The van der Waals surface area contributed by atoms with Gasteiger partial charge in [-0.05, 0) is 61.3 Å². The summed E-state index contributed by atoms with van der Waals surface area (Å²) >= 11 is 9.43. The van der Waals surface area contributed by atoms with E-state index in [9.17, 15) is 4.39 Å². The fourth-order valence-corrected chi connectivity index (χ4v) is 2.72. The molecule has 1 unspecified atom stereocenters. The minimum atomic E-state index is -0.181. The molecular weight excluding hydrogens is 341 g/mol. The van der Waals surface area contributed by atoms with E-state index >= 15 is 0 Å². The zero-order chi connectivity index (χ0) is 14.7. The second-order valence-electron chi connectivity index (χ2n) is 4.79. The summed E-state index contributed by atoms with van der Waals surface area (Å²) in [6.07, 6.45) is 0.586. The van der Waals surface area contributed by atoms with Crippen molar-refractivity contribution in [3.8, 4) is 0 Å². The minimum absolute atomic E-state index is 0.0507. The molecule has 0 aromatic heterocycles. The standard InChI is InChI=1S/C16H16BrClFN/c1-10-7-11(3-5-14(10)18)16(20-2)9-12-8-13(17)4-6-15(12)19/h3-8,16,20H,9H2,1-2H3. The van der Waals surface area contributed by atoms with Gasteiger partial charge in [0, 0.05) is 15.5 Å². The largest absolute Gasteiger partial charge is 0.313 e. The Kier molecular flexibility index (Phi) is 5.19. The van der Waals surface area contributed by atoms with Crippen LogP contribution in [0.3, 0.4) is 0 Å². The predicted molar refractivity (Wildman–Crippen MR) is 85.8 cm³/mol. The minimum Gasteiger partial charge on any atom is -0.313 e. The van der Waals surface area contributed by atoms with E-state index in [4.69, 9.17) is 11.6 Å². The molecule has 2 rings (SSSR count). The molecule has 1 atom stereocenters. The fourth-order valence-electron chi connectivity index (χ4n) is 2.19. The lowest BCUT2D eigenvalue weighted by molar-refractivity contribution is 0.554. The van der Waals surface area contributed by atoms with E-state index in [2.05, 4.69) is 21.2 Å². The normalized spacial score (nSPS) is 12.4. The van der Waals surface area contributed by atoms with Gasteiger partial charge in [0.15, 0.2) is 0 Å². The second kappa shape index (κ2) is 6.70. The number of hydrogen-bond donors (Lipinski definition) is 1. The average molecular weight is 357 g/mol. The molecule has 106 valence electrons. The highest BCUT2D eigenvalue weighted by Crippen LogP contribution is 2.25. The molecule has 0 saturated heterocycles. The molecule has 2 aromatic carbocycles. The van der Waals surface area contributed by atoms with E-state index in [-0.39, 0.29) is 11.9 Å². The molecule has 1 nitrogen and oxygen atoms in total. The fraction of sp³-hybridized carbons (Fsp3) is 0.250. The lowest BCUT2D eigenvalue weighted by Crippen LogP contribution is -2.19. The van der Waals surface area contributed by atoms with E-state index in [1.807, 2.05) is 38.2 Å². The van der Waals surface area contributed by atoms with E-state index in [1.54, 1.807) is 6.07 Å². The first-order valence-electron chi connectivity index (χ1n) is 6.38. The quantitative estimate of drug-likeness (QED) is 0.808. The van der Waals surface area contributed by atoms with Gasteiger partial charge >= 0.3 is 0 Å². The Labute approximate surface area is 132 Å². The first-order valence-corrected chi connectivity index (χ1v) is 7.55. The van der Waals surface area contributed by atoms with Gasteiger partial charge in [0.05, 0.1) is 0 Å². The van der Waals surface area contributed by atoms with Crippen molar-refractivity contribution in [2.24, 2.45) is 0 Å². The summed E-state index contributed by atoms with van der Waals surface area (Å²) in [5.74, 6) is -0.181. The molecule has 20 heavy (non-hydrogen) atoms. The van der Waals surface area contributed by atoms with Gasteiger partial charge in [-0.3, -0.25) is 0 Å². The highest BCUT2D eigenvalue weighted by atomic mass is 79.9. The highest BCUT2D eigenvalue weighted by molar-refractivity contribution is 9.10. The third-order valence-electron chi connectivity index (χ3n) is 3.36. The number of benzene rings is 2. The summed E-state index contributed by atoms with van der Waals surface area (Å²) < 4.78 is 14.7. The average Bonchev–Trinajstić information content (AvgIpc) is 2.43. The maximum absolute atomic E-state index is 13.9. The molecule has 0 aliphatic rings. The summed E-state index contributed by atoms with van der Waals surface area (Å²) in [5, 5.41) is 3.98. The van der Waals surface area contributed by atoms with Crippen molar-refractivity contribution in [3.63, 3.8) is 0 Å². The monoisotopic (exact) mass is 355 g/mol. The topological polar surface area (TPSA) is 12.0 Å². The molecule has 0 amide bonds. The van der Waals surface area contributed by atoms with Crippen LogP contribution in [0, 0.1) is 12.7 Å². The predicted octanol–water partition coefficient (Wildman–Crippen LogP) is 5.05. The van der Waals surface area contributed by atoms with Crippen molar-refractivity contribution in [3.05, 3.63) is 68.4 Å². The van der Waals surface area contributed by atoms with Gasteiger partial charge in [-0.2, -0.15) is 0 Å². The molecule has 0 heterocycles. The SMILES string of the molecule is CNC(Cc1cc(Br)ccc1F)c1ccc(Cl)c(C)c1. The van der Waals surface area contributed by atoms with Gasteiger partial charge in [0.1, 0.15) is 5.82 Å². The molecule has 1 N–H and O–H groups in total. The van der Waals surface area contributed by atoms with Crippen LogP contribution in [0.2, 0.25) is 5.02 Å². The summed E-state index contributed by atoms with van der Waals surface area (Å²) in [7, 11) is 1.88. The van der Waals surface area contributed by atoms with E-state index in [1.165, 1.54) is 6.07 Å². The third kappa shape index (κ3) is 3.60. The zero-order valence-electron chi connectivity index (χ0n) is 11.4. The highest BCUT2D eigenvalue weighted by Gasteiger charge is 2.14. The van der Waals surface area contributed by atoms with E-state index < -0.39 is 0 Å². The summed E-state index contributed by atoms with van der Waals surface area (Å²) in [6.45, 7) is 1.97. The first kappa shape index (κ1) is 15.5. The molecule has 0 aliphatic carbocycles. The summed E-state index contributed by atoms with van der Waals surface area (Å²) in [4.78, 5) is 0. The van der Waals surface area contributed by atoms with Crippen molar-refractivity contribution < 1.29 is 4.39 Å². The van der Waals surface area contributed by atoms with Gasteiger partial charge in [0.25, 0.3) is 0 Å². The lowest BCUT2D eigenvalue weighted by atomic mass is 9.97. The number of likely N-dealkylation sites (N-methyl/N-ethyl adjacent to an activating group) is 1. The molecule has 4 heteroatoms. The van der Waals surface area contributed by atoms with Crippen LogP contribution in [-0.4, -0.2) is 7.05 Å². The Morgan fingerprint density at radius 2 is 2.00 bits per heavy atom. The molecule has 2 aromatic rings. The van der Waals surface area contributed by atoms with Gasteiger partial charge in [-0.15, -0.1) is 0 Å². The van der Waals surface area contributed by atoms with Crippen molar-refractivity contribution in [2.75, 3.05) is 7.05 Å². The van der Waals surface area contributed by atoms with Crippen LogP contribution in [0.5, 0.6) is 0 Å². The molecular formula is C16H16BrClFN. The Hall–Kier alpha value is -0.900. The summed E-state index contributed by atoms with van der Waals surface area (Å²) in [5.41, 5.74) is 2.82. The number of aryl methyl sites for hydroxylation is 1. The van der Waals surface area contributed by atoms with Gasteiger partial charge in [0.2, 0.25) is 0 Å². The third-order valence-corrected chi connectivity index (χ3v) is 4.28. The second-order valence-corrected chi connectivity index (χ2v) is 6.11. The van der Waals surface area contributed by atoms with Crippen molar-refractivity contribution >= 4 is 27.5 Å². The number of nitrogens with one attached hydrogen (secondary N) is 1. The van der Waals surface area contributed by atoms with Crippen LogP contribution in [0.25, 0.3) is 0 Å². The molecule has 0 saturated carbocycles. The maximum atomic E-state index is 13.9. The van der Waals surface area contributed by atoms with Gasteiger partial charge < -0.3 is 5.32 Å². The van der Waals surface area contributed by atoms with Crippen molar-refractivity contribution in [1.82, 2.24) is 5.32 Å².